The van der Waals surface area contributed by atoms with E-state index in [1.807, 2.05) is 0 Å². The van der Waals surface area contributed by atoms with Gasteiger partial charge in [-0.3, -0.25) is 0 Å². The number of aromatic nitrogens is 2. The number of nitrogens with zero attached hydrogens (tertiary/aromatic N) is 2. The summed E-state index contributed by atoms with van der Waals surface area (Å²) in [6, 6.07) is 0. The van der Waals surface area contributed by atoms with Gasteiger partial charge in [0.1, 0.15) is 11.7 Å². The third-order valence-corrected chi connectivity index (χ3v) is 4.34. The minimum Gasteiger partial charge on any atom is -0.435 e. The second kappa shape index (κ2) is 4.64. The molecule has 0 aliphatic heterocycles. The number of rotatable bonds is 4. The third kappa shape index (κ3) is 2.33. The molecule has 1 aromatic rings. The average molecular weight is 222 g/mol. The second-order valence-corrected chi connectivity index (χ2v) is 6.08. The maximum atomic E-state index is 2.46. The molecule has 16 heavy (non-hydrogen) atoms. The van der Waals surface area contributed by atoms with E-state index in [4.69, 9.17) is 0 Å². The van der Waals surface area contributed by atoms with Gasteiger partial charge in [0.25, 0.3) is 0 Å². The van der Waals surface area contributed by atoms with Crippen molar-refractivity contribution in [3.63, 3.8) is 0 Å². The van der Waals surface area contributed by atoms with Gasteiger partial charge in [-0.25, -0.2) is 4.57 Å². The maximum Gasteiger partial charge on any atom is 0.197 e. The molecular weight excluding hydrogens is 195 g/mol. The van der Waals surface area contributed by atoms with E-state index >= 15 is 0 Å². The highest BCUT2D eigenvalue weighted by Crippen LogP contribution is 2.18. The number of hydrogen-bond donors (Lipinski definition) is 0. The summed E-state index contributed by atoms with van der Waals surface area (Å²) in [6.07, 6.45) is 10.1. The van der Waals surface area contributed by atoms with Crippen LogP contribution in [0, 0.1) is 0 Å². The fourth-order valence-electron chi connectivity index (χ4n) is 2.59. The van der Waals surface area contributed by atoms with Crippen LogP contribution in [0.3, 0.4) is 0 Å². The van der Waals surface area contributed by atoms with Gasteiger partial charge in [-0.15, -0.1) is 19.0 Å². The lowest BCUT2D eigenvalue weighted by Crippen LogP contribution is -2.62. The third-order valence-electron chi connectivity index (χ3n) is 4.34. The number of imidazole rings is 1. The molecule has 0 fully saturated rings. The predicted octanol–water partition coefficient (Wildman–Crippen LogP) is 3.38. The van der Waals surface area contributed by atoms with Gasteiger partial charge in [-0.05, 0) is 20.8 Å². The van der Waals surface area contributed by atoms with E-state index in [0.29, 0.717) is 0 Å². The lowest BCUT2D eigenvalue weighted by Gasteiger charge is -2.32. The van der Waals surface area contributed by atoms with Crippen molar-refractivity contribution < 1.29 is 4.48 Å². The van der Waals surface area contributed by atoms with Gasteiger partial charge < -0.3 is 4.48 Å². The van der Waals surface area contributed by atoms with Crippen molar-refractivity contribution in [1.29, 1.82) is 0 Å². The first kappa shape index (κ1) is 13.3. The second-order valence-electron chi connectivity index (χ2n) is 6.08. The Bertz CT molecular complexity index is 324. The van der Waals surface area contributed by atoms with Crippen molar-refractivity contribution in [2.24, 2.45) is 0 Å². The Hall–Kier alpha value is -0.725. The topological polar surface area (TPSA) is 8.81 Å². The molecule has 0 N–H and O–H groups in total. The van der Waals surface area contributed by atoms with E-state index < -0.39 is 6.28 Å². The van der Waals surface area contributed by atoms with Crippen LogP contribution >= 0.6 is 0 Å². The first-order chi connectivity index (χ1) is 7.39. The highest BCUT2D eigenvalue weighted by molar-refractivity contribution is 6.71. The predicted molar refractivity (Wildman–Crippen MR) is 72.2 cm³/mol. The first-order valence-electron chi connectivity index (χ1n) is 6.69. The molecule has 0 atom stereocenters. The van der Waals surface area contributed by atoms with Crippen LogP contribution in [0.1, 0.15) is 41.5 Å². The van der Waals surface area contributed by atoms with Gasteiger partial charge in [0.15, 0.2) is 12.6 Å². The molecule has 0 saturated heterocycles. The van der Waals surface area contributed by atoms with Crippen LogP contribution in [0.5, 0.6) is 0 Å². The molecule has 0 aliphatic carbocycles. The van der Waals surface area contributed by atoms with Gasteiger partial charge in [-0.1, -0.05) is 20.8 Å². The van der Waals surface area contributed by atoms with E-state index in [1.165, 1.54) is 19.0 Å². The van der Waals surface area contributed by atoms with Crippen LogP contribution in [0.15, 0.2) is 18.7 Å². The smallest absolute Gasteiger partial charge is 0.197 e. The molecule has 0 unspecified atom stereocenters. The summed E-state index contributed by atoms with van der Waals surface area (Å²) in [6.45, 7) is 13.7. The van der Waals surface area contributed by atoms with Gasteiger partial charge in [0.2, 0.25) is 0 Å². The minimum atomic E-state index is -0.399. The first-order valence-corrected chi connectivity index (χ1v) is 6.69. The van der Waals surface area contributed by atoms with Crippen molar-refractivity contribution in [1.82, 2.24) is 4.57 Å². The van der Waals surface area contributed by atoms with Gasteiger partial charge in [-0.2, -0.15) is 0 Å². The Morgan fingerprint density at radius 2 is 1.56 bits per heavy atom. The molecule has 92 valence electrons. The highest BCUT2D eigenvalue weighted by Gasteiger charge is 2.28. The van der Waals surface area contributed by atoms with Crippen molar-refractivity contribution in [2.45, 2.75) is 66.0 Å². The lowest BCUT2D eigenvalue weighted by atomic mass is 9.30. The molecule has 0 saturated carbocycles. The summed E-state index contributed by atoms with van der Waals surface area (Å²) in [5.74, 6) is 0. The molecule has 2 nitrogen and oxygen atoms in total. The van der Waals surface area contributed by atoms with Crippen LogP contribution < -0.4 is 4.48 Å². The quantitative estimate of drug-likeness (QED) is 0.690. The monoisotopic (exact) mass is 222 g/mol. The van der Waals surface area contributed by atoms with Crippen LogP contribution in [0.25, 0.3) is 0 Å². The van der Waals surface area contributed by atoms with Crippen LogP contribution in [-0.2, 0) is 5.54 Å². The van der Waals surface area contributed by atoms with Crippen LogP contribution in [0.2, 0.25) is 19.0 Å². The summed E-state index contributed by atoms with van der Waals surface area (Å²) in [5.41, 5.74) is 0.183. The van der Waals surface area contributed by atoms with E-state index in [0.717, 1.165) is 0 Å². The maximum absolute atomic E-state index is 2.46. The summed E-state index contributed by atoms with van der Waals surface area (Å²) >= 11 is 0. The molecule has 1 aromatic heterocycles. The molecule has 1 heterocycles. The van der Waals surface area contributed by atoms with Crippen molar-refractivity contribution >= 4 is 6.28 Å². The van der Waals surface area contributed by atoms with Gasteiger partial charge >= 0.3 is 0 Å². The number of hydrogen-bond acceptors (Lipinski definition) is 0. The molecule has 3 heteroatoms. The zero-order valence-corrected chi connectivity index (χ0v) is 11.8. The fraction of sp³-hybridized carbons (Fsp3) is 0.769. The van der Waals surface area contributed by atoms with Crippen molar-refractivity contribution in [2.75, 3.05) is 0 Å². The van der Waals surface area contributed by atoms with Gasteiger partial charge in [0, 0.05) is 0 Å². The summed E-state index contributed by atoms with van der Waals surface area (Å²) < 4.78 is 4.77. The van der Waals surface area contributed by atoms with Crippen molar-refractivity contribution in [3.05, 3.63) is 18.7 Å². The van der Waals surface area contributed by atoms with E-state index in [1.54, 1.807) is 0 Å². The summed E-state index contributed by atoms with van der Waals surface area (Å²) in [7, 11) is 0. The molecular formula is C13H27BN2. The zero-order valence-electron chi connectivity index (χ0n) is 11.8. The van der Waals surface area contributed by atoms with E-state index in [9.17, 15) is 0 Å². The minimum absolute atomic E-state index is 0.183. The standard InChI is InChI=1S/C13H27BN2/c1-7-14(8-2,9-3)16-11-10-15(12-16)13(4,5)6/h10-12H,7-9H2,1-6H3. The van der Waals surface area contributed by atoms with Crippen molar-refractivity contribution in [3.8, 4) is 0 Å². The molecule has 0 spiro atoms. The largest absolute Gasteiger partial charge is 0.435 e. The summed E-state index contributed by atoms with van der Waals surface area (Å²) in [5, 5.41) is 0. The highest BCUT2D eigenvalue weighted by atomic mass is 15.1. The average Bonchev–Trinajstić information content (AvgIpc) is 2.71. The normalized spacial score (nSPS) is 13.1. The summed E-state index contributed by atoms with van der Waals surface area (Å²) in [4.78, 5) is 0. The Morgan fingerprint density at radius 3 is 1.88 bits per heavy atom. The molecule has 0 aliphatic rings. The lowest BCUT2D eigenvalue weighted by molar-refractivity contribution is -0.548. The Morgan fingerprint density at radius 1 is 1.06 bits per heavy atom. The van der Waals surface area contributed by atoms with E-state index in [2.05, 4.69) is 69.3 Å². The fourth-order valence-corrected chi connectivity index (χ4v) is 2.59. The SMILES string of the molecule is CC[B-](CC)(CC)[n+]1ccn(C(C)(C)C)c1. The Balaban J connectivity index is 3.09. The Kier molecular flexibility index (Phi) is 3.87. The van der Waals surface area contributed by atoms with Crippen LogP contribution in [0.4, 0.5) is 0 Å². The van der Waals surface area contributed by atoms with Gasteiger partial charge in [0.05, 0.1) is 6.20 Å². The van der Waals surface area contributed by atoms with Crippen LogP contribution in [-0.4, -0.2) is 10.8 Å². The Labute approximate surface area is 101 Å². The molecule has 0 aromatic carbocycles. The molecule has 0 amide bonds. The van der Waals surface area contributed by atoms with E-state index in [-0.39, 0.29) is 5.54 Å². The molecule has 0 radical (unpaired) electrons. The zero-order chi connectivity index (χ0) is 12.4. The molecule has 0 bridgehead atoms. The molecule has 1 rings (SSSR count).